The Hall–Kier alpha value is -1.99. The predicted octanol–water partition coefficient (Wildman–Crippen LogP) is 1.90. The van der Waals surface area contributed by atoms with Crippen LogP contribution < -0.4 is 10.5 Å². The minimum Gasteiger partial charge on any atom is -0.396 e. The predicted molar refractivity (Wildman–Crippen MR) is 78.5 cm³/mol. The largest absolute Gasteiger partial charge is 0.396 e. The summed E-state index contributed by atoms with van der Waals surface area (Å²) in [5.74, 6) is -0.632. The van der Waals surface area contributed by atoms with Crippen molar-refractivity contribution >= 4 is 15.7 Å². The summed E-state index contributed by atoms with van der Waals surface area (Å²) >= 11 is 0. The molecule has 112 valence electrons. The molecule has 2 rings (SSSR count). The zero-order valence-electron chi connectivity index (χ0n) is 11.7. The van der Waals surface area contributed by atoms with Gasteiger partial charge in [0, 0.05) is 6.20 Å². The molecule has 0 radical (unpaired) electrons. The lowest BCUT2D eigenvalue weighted by atomic mass is 10.2. The van der Waals surface area contributed by atoms with Crippen LogP contribution in [0.1, 0.15) is 16.8 Å². The molecule has 1 aromatic carbocycles. The first-order valence-corrected chi connectivity index (χ1v) is 7.75. The van der Waals surface area contributed by atoms with Crippen LogP contribution in [0.25, 0.3) is 0 Å². The molecule has 0 aliphatic heterocycles. The van der Waals surface area contributed by atoms with E-state index in [1.807, 2.05) is 13.0 Å². The topological polar surface area (TPSA) is 85.1 Å². The second-order valence-corrected chi connectivity index (χ2v) is 6.47. The van der Waals surface area contributed by atoms with Gasteiger partial charge in [-0.1, -0.05) is 6.07 Å². The third kappa shape index (κ3) is 3.37. The molecule has 2 aromatic rings. The maximum Gasteiger partial charge on any atom is 0.241 e. The quantitative estimate of drug-likeness (QED) is 0.845. The Morgan fingerprint density at radius 2 is 2.00 bits per heavy atom. The van der Waals surface area contributed by atoms with Crippen LogP contribution in [-0.4, -0.2) is 13.4 Å². The van der Waals surface area contributed by atoms with Crippen molar-refractivity contribution in [1.29, 1.82) is 0 Å². The van der Waals surface area contributed by atoms with Gasteiger partial charge in [0.15, 0.2) is 0 Å². The van der Waals surface area contributed by atoms with Crippen LogP contribution in [0.5, 0.6) is 0 Å². The summed E-state index contributed by atoms with van der Waals surface area (Å²) in [6.45, 7) is 3.42. The van der Waals surface area contributed by atoms with Gasteiger partial charge in [0.2, 0.25) is 10.0 Å². The number of sulfonamides is 1. The minimum atomic E-state index is -3.78. The number of anilines is 1. The molecule has 0 bridgehead atoms. The molecular formula is C14H16FN3O2S. The highest BCUT2D eigenvalue weighted by molar-refractivity contribution is 7.89. The van der Waals surface area contributed by atoms with E-state index >= 15 is 0 Å². The Labute approximate surface area is 123 Å². The van der Waals surface area contributed by atoms with Crippen molar-refractivity contribution in [3.63, 3.8) is 0 Å². The lowest BCUT2D eigenvalue weighted by molar-refractivity contribution is 0.578. The number of benzene rings is 1. The van der Waals surface area contributed by atoms with Gasteiger partial charge in [0.1, 0.15) is 5.82 Å². The van der Waals surface area contributed by atoms with E-state index in [-0.39, 0.29) is 17.1 Å². The zero-order valence-corrected chi connectivity index (χ0v) is 12.5. The third-order valence-corrected chi connectivity index (χ3v) is 4.67. The van der Waals surface area contributed by atoms with Gasteiger partial charge < -0.3 is 5.73 Å². The molecule has 0 spiro atoms. The molecule has 5 nitrogen and oxygen atoms in total. The number of hydrogen-bond donors (Lipinski definition) is 2. The van der Waals surface area contributed by atoms with Gasteiger partial charge >= 0.3 is 0 Å². The molecule has 0 amide bonds. The number of aryl methyl sites for hydroxylation is 2. The number of halogens is 1. The van der Waals surface area contributed by atoms with E-state index in [4.69, 9.17) is 5.73 Å². The Kier molecular flexibility index (Phi) is 4.24. The van der Waals surface area contributed by atoms with Crippen LogP contribution in [0.15, 0.2) is 35.4 Å². The molecule has 3 N–H and O–H groups in total. The average Bonchev–Trinajstić information content (AvgIpc) is 2.42. The van der Waals surface area contributed by atoms with E-state index in [1.54, 1.807) is 12.3 Å². The molecule has 1 aromatic heterocycles. The lowest BCUT2D eigenvalue weighted by Crippen LogP contribution is -2.25. The molecule has 21 heavy (non-hydrogen) atoms. The van der Waals surface area contributed by atoms with Crippen molar-refractivity contribution in [3.05, 3.63) is 53.1 Å². The minimum absolute atomic E-state index is 0.0324. The van der Waals surface area contributed by atoms with Crippen LogP contribution in [0.3, 0.4) is 0 Å². The third-order valence-electron chi connectivity index (χ3n) is 3.13. The Morgan fingerprint density at radius 1 is 1.29 bits per heavy atom. The highest BCUT2D eigenvalue weighted by atomic mass is 32.2. The number of nitrogen functional groups attached to an aromatic ring is 1. The summed E-state index contributed by atoms with van der Waals surface area (Å²) in [5.41, 5.74) is 7.05. The number of aromatic nitrogens is 1. The summed E-state index contributed by atoms with van der Waals surface area (Å²) in [5, 5.41) is 0. The smallest absolute Gasteiger partial charge is 0.241 e. The fourth-order valence-corrected chi connectivity index (χ4v) is 3.15. The fourth-order valence-electron chi connectivity index (χ4n) is 1.90. The molecule has 0 atom stereocenters. The summed E-state index contributed by atoms with van der Waals surface area (Å²) in [4.78, 5) is 4.09. The first-order valence-electron chi connectivity index (χ1n) is 6.27. The number of hydrogen-bond acceptors (Lipinski definition) is 4. The first kappa shape index (κ1) is 15.4. The second kappa shape index (κ2) is 5.79. The van der Waals surface area contributed by atoms with Crippen LogP contribution in [-0.2, 0) is 16.6 Å². The molecule has 0 aliphatic carbocycles. The normalized spacial score (nSPS) is 11.6. The van der Waals surface area contributed by atoms with Crippen molar-refractivity contribution < 1.29 is 12.8 Å². The van der Waals surface area contributed by atoms with E-state index in [1.165, 1.54) is 6.92 Å². The van der Waals surface area contributed by atoms with Crippen molar-refractivity contribution in [1.82, 2.24) is 9.71 Å². The maximum absolute atomic E-state index is 13.3. The van der Waals surface area contributed by atoms with Crippen molar-refractivity contribution in [2.75, 3.05) is 5.73 Å². The molecule has 0 fully saturated rings. The fraction of sp³-hybridized carbons (Fsp3) is 0.214. The van der Waals surface area contributed by atoms with Crippen molar-refractivity contribution in [2.24, 2.45) is 0 Å². The van der Waals surface area contributed by atoms with Crippen molar-refractivity contribution in [3.8, 4) is 0 Å². The second-order valence-electron chi connectivity index (χ2n) is 4.73. The van der Waals surface area contributed by atoms with Gasteiger partial charge in [-0.3, -0.25) is 4.98 Å². The molecular weight excluding hydrogens is 293 g/mol. The van der Waals surface area contributed by atoms with Crippen LogP contribution in [0, 0.1) is 19.7 Å². The van der Waals surface area contributed by atoms with E-state index in [0.29, 0.717) is 11.3 Å². The molecule has 7 heteroatoms. The number of nitrogens with one attached hydrogen (secondary N) is 1. The zero-order chi connectivity index (χ0) is 15.6. The van der Waals surface area contributed by atoms with Gasteiger partial charge in [0.05, 0.1) is 22.8 Å². The van der Waals surface area contributed by atoms with Crippen LogP contribution in [0.2, 0.25) is 0 Å². The SMILES string of the molecule is Cc1cc(F)c(N)cc1S(=O)(=O)NCc1ncccc1C. The van der Waals surface area contributed by atoms with E-state index in [9.17, 15) is 12.8 Å². The lowest BCUT2D eigenvalue weighted by Gasteiger charge is -2.11. The van der Waals surface area contributed by atoms with Gasteiger partial charge in [-0.05, 0) is 43.2 Å². The summed E-state index contributed by atoms with van der Waals surface area (Å²) in [6.07, 6.45) is 1.60. The monoisotopic (exact) mass is 309 g/mol. The number of pyridine rings is 1. The molecule has 0 aliphatic rings. The Bertz CT molecular complexity index is 776. The van der Waals surface area contributed by atoms with Crippen LogP contribution in [0.4, 0.5) is 10.1 Å². The summed E-state index contributed by atoms with van der Waals surface area (Å²) < 4.78 is 40.3. The standard InChI is InChI=1S/C14H16FN3O2S/c1-9-4-3-5-17-13(9)8-18-21(19,20)14-7-12(16)11(15)6-10(14)2/h3-7,18H,8,16H2,1-2H3. The van der Waals surface area contributed by atoms with E-state index < -0.39 is 15.8 Å². The van der Waals surface area contributed by atoms with Crippen LogP contribution >= 0.6 is 0 Å². The van der Waals surface area contributed by atoms with Gasteiger partial charge in [-0.2, -0.15) is 0 Å². The number of nitrogens with zero attached hydrogens (tertiary/aromatic N) is 1. The molecule has 1 heterocycles. The Balaban J connectivity index is 2.27. The number of rotatable bonds is 4. The molecule has 0 saturated carbocycles. The van der Waals surface area contributed by atoms with Gasteiger partial charge in [0.25, 0.3) is 0 Å². The Morgan fingerprint density at radius 3 is 2.67 bits per heavy atom. The van der Waals surface area contributed by atoms with E-state index in [2.05, 4.69) is 9.71 Å². The van der Waals surface area contributed by atoms with Crippen molar-refractivity contribution in [2.45, 2.75) is 25.3 Å². The average molecular weight is 309 g/mol. The molecule has 0 saturated heterocycles. The van der Waals surface area contributed by atoms with E-state index in [0.717, 1.165) is 17.7 Å². The maximum atomic E-state index is 13.3. The summed E-state index contributed by atoms with van der Waals surface area (Å²) in [7, 11) is -3.78. The highest BCUT2D eigenvalue weighted by Crippen LogP contribution is 2.21. The molecule has 0 unspecified atom stereocenters. The first-order chi connectivity index (χ1) is 9.81. The van der Waals surface area contributed by atoms with Gasteiger partial charge in [-0.25, -0.2) is 17.5 Å². The number of nitrogens with two attached hydrogens (primary N) is 1. The van der Waals surface area contributed by atoms with Gasteiger partial charge in [-0.15, -0.1) is 0 Å². The highest BCUT2D eigenvalue weighted by Gasteiger charge is 2.19. The summed E-state index contributed by atoms with van der Waals surface area (Å²) in [6, 6.07) is 5.85.